The summed E-state index contributed by atoms with van der Waals surface area (Å²) in [6, 6.07) is 46.3. The second-order valence-electron chi connectivity index (χ2n) is 11.7. The zero-order valence-electron chi connectivity index (χ0n) is 24.1. The second kappa shape index (κ2) is 10.3. The van der Waals surface area contributed by atoms with Gasteiger partial charge in [0.2, 0.25) is 0 Å². The van der Waals surface area contributed by atoms with E-state index in [9.17, 15) is 0 Å². The molecule has 0 fully saturated rings. The fourth-order valence-corrected chi connectivity index (χ4v) is 6.38. The Balaban J connectivity index is 0.00000300. The molecule has 0 saturated heterocycles. The summed E-state index contributed by atoms with van der Waals surface area (Å²) in [6.07, 6.45) is 0. The van der Waals surface area contributed by atoms with Gasteiger partial charge in [-0.2, -0.15) is 24.3 Å². The van der Waals surface area contributed by atoms with Crippen LogP contribution in [0.2, 0.25) is 0 Å². The van der Waals surface area contributed by atoms with Crippen LogP contribution in [-0.2, 0) is 26.5 Å². The fraction of sp³-hybridized carbons (Fsp3) is 0.105. The largest absolute Gasteiger partial charge is 2.00 e. The molecule has 0 saturated carbocycles. The molecule has 4 heterocycles. The summed E-state index contributed by atoms with van der Waals surface area (Å²) in [5.74, 6) is 0.830. The van der Waals surface area contributed by atoms with Crippen molar-refractivity contribution in [3.05, 3.63) is 133 Å². The molecule has 4 aromatic heterocycles. The van der Waals surface area contributed by atoms with Gasteiger partial charge in [-0.05, 0) is 34.9 Å². The standard InChI is InChI=1S/C38H28N4.Pt/c1-38(2,3)35-33-27-19-10-12-22-30(27)41(26-17-8-5-9-18-26)36(33)40-37-34(35)28-20-11-13-23-31(28)42(37)32-24-14-21-29(39-32)25-15-6-4-7-16-25;/h4-15,17,19-24H,1-3H3;/q-2;+2. The summed E-state index contributed by atoms with van der Waals surface area (Å²) < 4.78 is 4.48. The minimum absolute atomic E-state index is 0. The normalized spacial score (nSPS) is 11.9. The van der Waals surface area contributed by atoms with Crippen molar-refractivity contribution in [1.82, 2.24) is 19.1 Å². The molecule has 8 rings (SSSR count). The molecule has 0 N–H and O–H groups in total. The number of hydrogen-bond donors (Lipinski definition) is 0. The molecule has 0 aliphatic heterocycles. The van der Waals surface area contributed by atoms with E-state index in [0.717, 1.165) is 45.1 Å². The number of pyridine rings is 2. The first-order valence-electron chi connectivity index (χ1n) is 14.3. The van der Waals surface area contributed by atoms with Gasteiger partial charge < -0.3 is 4.57 Å². The summed E-state index contributed by atoms with van der Waals surface area (Å²) in [5, 5.41) is 4.73. The molecule has 43 heavy (non-hydrogen) atoms. The predicted octanol–water partition coefficient (Wildman–Crippen LogP) is 9.23. The number of para-hydroxylation sites is 3. The SMILES string of the molecule is CC(C)(C)c1c2c3ccccc3n(-c3[c-]cccc3)c2nc2c1c1ccccc1n2-c1cccc(-c2[c-]cccc2)n1.[Pt+2]. The average molecular weight is 736 g/mol. The van der Waals surface area contributed by atoms with E-state index in [1.807, 2.05) is 42.5 Å². The number of aromatic nitrogens is 4. The van der Waals surface area contributed by atoms with E-state index in [2.05, 4.69) is 115 Å². The fourth-order valence-electron chi connectivity index (χ4n) is 6.38. The van der Waals surface area contributed by atoms with Gasteiger partial charge in [-0.1, -0.05) is 75.0 Å². The number of benzene rings is 4. The van der Waals surface area contributed by atoms with E-state index in [0.29, 0.717) is 0 Å². The van der Waals surface area contributed by atoms with E-state index >= 15 is 0 Å². The zero-order valence-corrected chi connectivity index (χ0v) is 26.3. The quantitative estimate of drug-likeness (QED) is 0.170. The maximum absolute atomic E-state index is 5.54. The van der Waals surface area contributed by atoms with Gasteiger partial charge in [0.1, 0.15) is 17.1 Å². The Hall–Kier alpha value is -4.53. The van der Waals surface area contributed by atoms with E-state index in [1.54, 1.807) is 0 Å². The topological polar surface area (TPSA) is 35.6 Å². The molecular formula is C38H28N4Pt. The molecule has 0 bridgehead atoms. The Bertz CT molecular complexity index is 2270. The third-order valence-electron chi connectivity index (χ3n) is 8.04. The van der Waals surface area contributed by atoms with Crippen molar-refractivity contribution < 1.29 is 21.1 Å². The van der Waals surface area contributed by atoms with Gasteiger partial charge in [0, 0.05) is 21.5 Å². The first kappa shape index (κ1) is 27.3. The molecule has 0 atom stereocenters. The van der Waals surface area contributed by atoms with E-state index in [1.165, 1.54) is 27.1 Å². The first-order valence-corrected chi connectivity index (χ1v) is 14.3. The minimum Gasteiger partial charge on any atom is -0.318 e. The molecule has 8 aromatic rings. The van der Waals surface area contributed by atoms with Crippen LogP contribution >= 0.6 is 0 Å². The Morgan fingerprint density at radius 1 is 0.581 bits per heavy atom. The summed E-state index contributed by atoms with van der Waals surface area (Å²) in [6.45, 7) is 6.91. The molecule has 4 nitrogen and oxygen atoms in total. The van der Waals surface area contributed by atoms with Crippen LogP contribution in [0.15, 0.2) is 115 Å². The molecule has 0 amide bonds. The predicted molar refractivity (Wildman–Crippen MR) is 173 cm³/mol. The Kier molecular flexibility index (Phi) is 6.56. The first-order chi connectivity index (χ1) is 20.5. The number of nitrogens with zero attached hydrogens (tertiary/aromatic N) is 4. The Morgan fingerprint density at radius 3 is 1.81 bits per heavy atom. The van der Waals surface area contributed by atoms with Crippen molar-refractivity contribution in [3.63, 3.8) is 0 Å². The van der Waals surface area contributed by atoms with E-state index in [-0.39, 0.29) is 26.5 Å². The smallest absolute Gasteiger partial charge is 0.318 e. The Morgan fingerprint density at radius 2 is 1.19 bits per heavy atom. The number of hydrogen-bond acceptors (Lipinski definition) is 2. The molecule has 0 aliphatic carbocycles. The van der Waals surface area contributed by atoms with Crippen molar-refractivity contribution in [3.8, 4) is 22.8 Å². The summed E-state index contributed by atoms with van der Waals surface area (Å²) in [4.78, 5) is 10.7. The molecule has 0 spiro atoms. The molecule has 0 radical (unpaired) electrons. The zero-order chi connectivity index (χ0) is 28.4. The van der Waals surface area contributed by atoms with Crippen molar-refractivity contribution in [2.75, 3.05) is 0 Å². The molecule has 0 aliphatic rings. The molecule has 5 heteroatoms. The van der Waals surface area contributed by atoms with Crippen LogP contribution in [0.4, 0.5) is 0 Å². The van der Waals surface area contributed by atoms with Crippen LogP contribution in [0.1, 0.15) is 26.3 Å². The molecule has 4 aromatic carbocycles. The van der Waals surface area contributed by atoms with Crippen molar-refractivity contribution in [2.24, 2.45) is 0 Å². The summed E-state index contributed by atoms with van der Waals surface area (Å²) >= 11 is 0. The van der Waals surface area contributed by atoms with Crippen LogP contribution < -0.4 is 0 Å². The monoisotopic (exact) mass is 735 g/mol. The van der Waals surface area contributed by atoms with Gasteiger partial charge >= 0.3 is 21.1 Å². The van der Waals surface area contributed by atoms with Crippen LogP contribution in [0.3, 0.4) is 0 Å². The van der Waals surface area contributed by atoms with Crippen LogP contribution in [0.25, 0.3) is 66.6 Å². The molecule has 210 valence electrons. The van der Waals surface area contributed by atoms with Gasteiger partial charge in [-0.25, -0.2) is 4.98 Å². The van der Waals surface area contributed by atoms with Crippen LogP contribution in [-0.4, -0.2) is 19.1 Å². The Labute approximate surface area is 264 Å². The van der Waals surface area contributed by atoms with Gasteiger partial charge in [0.15, 0.2) is 0 Å². The maximum atomic E-state index is 5.54. The van der Waals surface area contributed by atoms with Gasteiger partial charge in [0.25, 0.3) is 0 Å². The number of fused-ring (bicyclic) bond motifs is 6. The maximum Gasteiger partial charge on any atom is 2.00 e. The van der Waals surface area contributed by atoms with E-state index < -0.39 is 0 Å². The molecular weight excluding hydrogens is 708 g/mol. The molecule has 0 unspecified atom stereocenters. The van der Waals surface area contributed by atoms with Crippen molar-refractivity contribution in [1.29, 1.82) is 0 Å². The third kappa shape index (κ3) is 4.24. The average Bonchev–Trinajstić information content (AvgIpc) is 3.53. The van der Waals surface area contributed by atoms with Crippen molar-refractivity contribution >= 4 is 43.9 Å². The van der Waals surface area contributed by atoms with Gasteiger partial charge in [0.05, 0.1) is 11.0 Å². The van der Waals surface area contributed by atoms with E-state index in [4.69, 9.17) is 9.97 Å². The number of rotatable bonds is 3. The second-order valence-corrected chi connectivity index (χ2v) is 11.7. The van der Waals surface area contributed by atoms with Crippen molar-refractivity contribution in [2.45, 2.75) is 26.2 Å². The van der Waals surface area contributed by atoms with Crippen LogP contribution in [0, 0.1) is 12.1 Å². The third-order valence-corrected chi connectivity index (χ3v) is 8.04. The van der Waals surface area contributed by atoms with Crippen LogP contribution in [0.5, 0.6) is 0 Å². The summed E-state index contributed by atoms with van der Waals surface area (Å²) in [7, 11) is 0. The van der Waals surface area contributed by atoms with Gasteiger partial charge in [-0.15, -0.1) is 42.0 Å². The summed E-state index contributed by atoms with van der Waals surface area (Å²) in [5.41, 5.74) is 7.96. The van der Waals surface area contributed by atoms with Gasteiger partial charge in [-0.3, -0.25) is 9.55 Å². The minimum atomic E-state index is -0.169.